The molecule has 1 aromatic carbocycles. The Labute approximate surface area is 139 Å². The Kier molecular flexibility index (Phi) is 5.51. The van der Waals surface area contributed by atoms with Crippen molar-refractivity contribution in [2.45, 2.75) is 13.8 Å². The molecule has 1 fully saturated rings. The van der Waals surface area contributed by atoms with Crippen molar-refractivity contribution in [3.8, 4) is 0 Å². The quantitative estimate of drug-likeness (QED) is 0.745. The molecule has 0 atom stereocenters. The Hall–Kier alpha value is -2.90. The summed E-state index contributed by atoms with van der Waals surface area (Å²) < 4.78 is 4.77. The van der Waals surface area contributed by atoms with Crippen molar-refractivity contribution >= 4 is 23.8 Å². The Morgan fingerprint density at radius 3 is 2.62 bits per heavy atom. The number of benzene rings is 1. The highest BCUT2D eigenvalue weighted by atomic mass is 16.5. The van der Waals surface area contributed by atoms with E-state index >= 15 is 0 Å². The van der Waals surface area contributed by atoms with E-state index in [2.05, 4.69) is 10.6 Å². The zero-order valence-electron chi connectivity index (χ0n) is 13.5. The Balaban J connectivity index is 1.76. The molecule has 2 N–H and O–H groups in total. The number of amides is 4. The van der Waals surface area contributed by atoms with Crippen molar-refractivity contribution in [2.75, 3.05) is 26.2 Å². The van der Waals surface area contributed by atoms with Gasteiger partial charge in [-0.3, -0.25) is 19.3 Å². The largest absolute Gasteiger partial charge is 0.454 e. The molecular weight excluding hydrogens is 314 g/mol. The first kappa shape index (κ1) is 17.5. The third-order valence-electron chi connectivity index (χ3n) is 3.68. The summed E-state index contributed by atoms with van der Waals surface area (Å²) >= 11 is 0. The van der Waals surface area contributed by atoms with Gasteiger partial charge in [0, 0.05) is 18.7 Å². The highest BCUT2D eigenvalue weighted by molar-refractivity contribution is 5.98. The zero-order valence-corrected chi connectivity index (χ0v) is 13.5. The number of hydrogen-bond acceptors (Lipinski definition) is 5. The van der Waals surface area contributed by atoms with E-state index in [1.807, 2.05) is 19.9 Å². The highest BCUT2D eigenvalue weighted by Crippen LogP contribution is 2.09. The van der Waals surface area contributed by atoms with Crippen LogP contribution < -0.4 is 10.6 Å². The van der Waals surface area contributed by atoms with E-state index < -0.39 is 30.4 Å². The number of imide groups is 1. The smallest absolute Gasteiger partial charge is 0.325 e. The Morgan fingerprint density at radius 1 is 1.25 bits per heavy atom. The second kappa shape index (κ2) is 7.58. The number of carbonyl (C=O) groups is 4. The van der Waals surface area contributed by atoms with Gasteiger partial charge in [0.05, 0.1) is 0 Å². The van der Waals surface area contributed by atoms with Crippen LogP contribution in [-0.2, 0) is 14.3 Å². The number of hydrogen-bond donors (Lipinski definition) is 2. The van der Waals surface area contributed by atoms with Crippen LogP contribution in [0.15, 0.2) is 18.2 Å². The number of esters is 1. The van der Waals surface area contributed by atoms with Crippen molar-refractivity contribution in [1.29, 1.82) is 0 Å². The lowest BCUT2D eigenvalue weighted by molar-refractivity contribution is -0.149. The van der Waals surface area contributed by atoms with Crippen LogP contribution >= 0.6 is 0 Å². The fourth-order valence-corrected chi connectivity index (χ4v) is 2.12. The molecule has 8 nitrogen and oxygen atoms in total. The Morgan fingerprint density at radius 2 is 2.00 bits per heavy atom. The summed E-state index contributed by atoms with van der Waals surface area (Å²) in [6.07, 6.45) is 0. The van der Waals surface area contributed by atoms with Crippen molar-refractivity contribution < 1.29 is 23.9 Å². The number of urea groups is 1. The number of ether oxygens (including phenoxy) is 1. The molecule has 0 saturated carbocycles. The molecule has 1 heterocycles. The monoisotopic (exact) mass is 333 g/mol. The lowest BCUT2D eigenvalue weighted by Gasteiger charge is -2.12. The first-order valence-corrected chi connectivity index (χ1v) is 7.47. The molecule has 0 bridgehead atoms. The minimum atomic E-state index is -0.750. The van der Waals surface area contributed by atoms with Crippen LogP contribution in [-0.4, -0.2) is 55.0 Å². The number of nitrogens with one attached hydrogen (secondary N) is 2. The molecule has 1 saturated heterocycles. The number of carbonyl (C=O) groups excluding carboxylic acids is 4. The molecule has 1 aromatic rings. The predicted octanol–water partition coefficient (Wildman–Crippen LogP) is 0.128. The van der Waals surface area contributed by atoms with Crippen LogP contribution in [0.3, 0.4) is 0 Å². The summed E-state index contributed by atoms with van der Waals surface area (Å²) in [7, 11) is 0. The fourth-order valence-electron chi connectivity index (χ4n) is 2.12. The molecule has 0 unspecified atom stereocenters. The van der Waals surface area contributed by atoms with Gasteiger partial charge in [-0.05, 0) is 37.1 Å². The summed E-state index contributed by atoms with van der Waals surface area (Å²) in [5.41, 5.74) is 2.48. The van der Waals surface area contributed by atoms with Gasteiger partial charge in [-0.2, -0.15) is 0 Å². The van der Waals surface area contributed by atoms with Gasteiger partial charge in [0.25, 0.3) is 11.8 Å². The van der Waals surface area contributed by atoms with Crippen LogP contribution in [0, 0.1) is 13.8 Å². The third-order valence-corrected chi connectivity index (χ3v) is 3.68. The average Bonchev–Trinajstić information content (AvgIpc) is 2.99. The first-order chi connectivity index (χ1) is 11.4. The van der Waals surface area contributed by atoms with Crippen molar-refractivity contribution in [3.05, 3.63) is 34.9 Å². The molecule has 8 heteroatoms. The van der Waals surface area contributed by atoms with Gasteiger partial charge in [-0.15, -0.1) is 0 Å². The molecule has 0 spiro atoms. The minimum Gasteiger partial charge on any atom is -0.454 e. The van der Waals surface area contributed by atoms with Gasteiger partial charge < -0.3 is 15.4 Å². The SMILES string of the molecule is Cc1ccc(C(=O)NCC(=O)OCC(=O)N2CCNC2=O)cc1C. The third kappa shape index (κ3) is 4.31. The van der Waals surface area contributed by atoms with Gasteiger partial charge in [0.1, 0.15) is 6.54 Å². The van der Waals surface area contributed by atoms with E-state index in [4.69, 9.17) is 4.74 Å². The second-order valence-electron chi connectivity index (χ2n) is 5.42. The van der Waals surface area contributed by atoms with Crippen LogP contribution in [0.5, 0.6) is 0 Å². The van der Waals surface area contributed by atoms with E-state index in [0.717, 1.165) is 16.0 Å². The van der Waals surface area contributed by atoms with Gasteiger partial charge >= 0.3 is 12.0 Å². The maximum Gasteiger partial charge on any atom is 0.325 e. The minimum absolute atomic E-state index is 0.249. The summed E-state index contributed by atoms with van der Waals surface area (Å²) in [5, 5.41) is 4.90. The van der Waals surface area contributed by atoms with Crippen molar-refractivity contribution in [3.63, 3.8) is 0 Å². The van der Waals surface area contributed by atoms with E-state index in [9.17, 15) is 19.2 Å². The van der Waals surface area contributed by atoms with Crippen LogP contribution in [0.1, 0.15) is 21.5 Å². The number of nitrogens with zero attached hydrogens (tertiary/aromatic N) is 1. The highest BCUT2D eigenvalue weighted by Gasteiger charge is 2.26. The summed E-state index contributed by atoms with van der Waals surface area (Å²) in [6.45, 7) is 3.56. The summed E-state index contributed by atoms with van der Waals surface area (Å²) in [5.74, 6) is -1.75. The van der Waals surface area contributed by atoms with E-state index in [1.165, 1.54) is 0 Å². The van der Waals surface area contributed by atoms with Crippen molar-refractivity contribution in [1.82, 2.24) is 15.5 Å². The van der Waals surface area contributed by atoms with Crippen LogP contribution in [0.4, 0.5) is 4.79 Å². The van der Waals surface area contributed by atoms with Crippen LogP contribution in [0.2, 0.25) is 0 Å². The molecule has 4 amide bonds. The standard InChI is InChI=1S/C16H19N3O5/c1-10-3-4-12(7-11(10)2)15(22)18-8-14(21)24-9-13(20)19-6-5-17-16(19)23/h3-4,7H,5-6,8-9H2,1-2H3,(H,17,23)(H,18,22). The van der Waals surface area contributed by atoms with E-state index in [-0.39, 0.29) is 13.1 Å². The lowest BCUT2D eigenvalue weighted by atomic mass is 10.1. The molecule has 0 aromatic heterocycles. The molecule has 128 valence electrons. The molecule has 1 aliphatic heterocycles. The zero-order chi connectivity index (χ0) is 17.7. The van der Waals surface area contributed by atoms with Gasteiger partial charge in [0.2, 0.25) is 0 Å². The topological polar surface area (TPSA) is 105 Å². The summed E-state index contributed by atoms with van der Waals surface area (Å²) in [6, 6.07) is 4.71. The maximum absolute atomic E-state index is 12.0. The maximum atomic E-state index is 12.0. The second-order valence-corrected chi connectivity index (χ2v) is 5.42. The lowest BCUT2D eigenvalue weighted by Crippen LogP contribution is -2.38. The van der Waals surface area contributed by atoms with Gasteiger partial charge in [-0.1, -0.05) is 6.07 Å². The number of rotatable bonds is 5. The molecule has 24 heavy (non-hydrogen) atoms. The predicted molar refractivity (Wildman–Crippen MR) is 84.3 cm³/mol. The van der Waals surface area contributed by atoms with Gasteiger partial charge in [0.15, 0.2) is 6.61 Å². The molecular formula is C16H19N3O5. The fraction of sp³-hybridized carbons (Fsp3) is 0.375. The summed E-state index contributed by atoms with van der Waals surface area (Å²) in [4.78, 5) is 47.5. The molecule has 0 radical (unpaired) electrons. The van der Waals surface area contributed by atoms with Crippen LogP contribution in [0.25, 0.3) is 0 Å². The normalized spacial score (nSPS) is 13.4. The van der Waals surface area contributed by atoms with Gasteiger partial charge in [-0.25, -0.2) is 4.79 Å². The molecule has 2 rings (SSSR count). The molecule has 1 aliphatic rings. The van der Waals surface area contributed by atoms with E-state index in [0.29, 0.717) is 12.1 Å². The average molecular weight is 333 g/mol. The Bertz CT molecular complexity index is 686. The molecule has 0 aliphatic carbocycles. The van der Waals surface area contributed by atoms with Crippen molar-refractivity contribution in [2.24, 2.45) is 0 Å². The number of aryl methyl sites for hydroxylation is 2. The first-order valence-electron chi connectivity index (χ1n) is 7.47. The van der Waals surface area contributed by atoms with E-state index in [1.54, 1.807) is 12.1 Å².